The van der Waals surface area contributed by atoms with Crippen LogP contribution >= 0.6 is 0 Å². The lowest BCUT2D eigenvalue weighted by Crippen LogP contribution is -2.25. The standard InChI is InChI=1S/C14H29NO/c1-2-3-4-5-7-11-15-12-10-14-9-6-8-13-16-14/h14-15H,2-13H2,1H3. The van der Waals surface area contributed by atoms with E-state index in [0.717, 1.165) is 13.2 Å². The summed E-state index contributed by atoms with van der Waals surface area (Å²) in [5.41, 5.74) is 0. The molecular formula is C14H29NO. The summed E-state index contributed by atoms with van der Waals surface area (Å²) in [6, 6.07) is 0. The van der Waals surface area contributed by atoms with Crippen molar-refractivity contribution in [3.8, 4) is 0 Å². The van der Waals surface area contributed by atoms with E-state index in [1.165, 1.54) is 64.3 Å². The van der Waals surface area contributed by atoms with Crippen LogP contribution in [0.1, 0.15) is 64.7 Å². The van der Waals surface area contributed by atoms with Gasteiger partial charge in [0.15, 0.2) is 0 Å². The fraction of sp³-hybridized carbons (Fsp3) is 1.00. The maximum absolute atomic E-state index is 5.70. The van der Waals surface area contributed by atoms with Gasteiger partial charge in [-0.2, -0.15) is 0 Å². The minimum Gasteiger partial charge on any atom is -0.378 e. The normalized spacial score (nSPS) is 21.2. The van der Waals surface area contributed by atoms with E-state index in [1.54, 1.807) is 0 Å². The molecule has 1 unspecified atom stereocenters. The van der Waals surface area contributed by atoms with Crippen LogP contribution in [0.4, 0.5) is 0 Å². The molecule has 1 atom stereocenters. The van der Waals surface area contributed by atoms with E-state index in [1.807, 2.05) is 0 Å². The van der Waals surface area contributed by atoms with Crippen molar-refractivity contribution in [3.05, 3.63) is 0 Å². The van der Waals surface area contributed by atoms with E-state index in [9.17, 15) is 0 Å². The first-order valence-electron chi connectivity index (χ1n) is 7.26. The highest BCUT2D eigenvalue weighted by atomic mass is 16.5. The van der Waals surface area contributed by atoms with Crippen LogP contribution in [0, 0.1) is 0 Å². The van der Waals surface area contributed by atoms with Gasteiger partial charge in [-0.1, -0.05) is 32.6 Å². The fourth-order valence-electron chi connectivity index (χ4n) is 2.28. The minimum atomic E-state index is 0.543. The predicted molar refractivity (Wildman–Crippen MR) is 69.8 cm³/mol. The molecule has 1 aliphatic rings. The molecule has 0 saturated carbocycles. The molecule has 1 rings (SSSR count). The summed E-state index contributed by atoms with van der Waals surface area (Å²) < 4.78 is 5.70. The first kappa shape index (κ1) is 14.0. The number of hydrogen-bond donors (Lipinski definition) is 1. The summed E-state index contributed by atoms with van der Waals surface area (Å²) in [5.74, 6) is 0. The molecule has 2 heteroatoms. The van der Waals surface area contributed by atoms with Crippen molar-refractivity contribution >= 4 is 0 Å². The SMILES string of the molecule is CCCCCCCNCCC1CCCCO1. The number of nitrogens with one attached hydrogen (secondary N) is 1. The molecule has 0 aliphatic carbocycles. The van der Waals surface area contributed by atoms with E-state index in [0.29, 0.717) is 6.10 Å². The van der Waals surface area contributed by atoms with Crippen LogP contribution in [-0.2, 0) is 4.74 Å². The zero-order valence-electron chi connectivity index (χ0n) is 11.0. The molecule has 1 fully saturated rings. The van der Waals surface area contributed by atoms with Crippen molar-refractivity contribution < 1.29 is 4.74 Å². The Morgan fingerprint density at radius 3 is 2.69 bits per heavy atom. The lowest BCUT2D eigenvalue weighted by molar-refractivity contribution is 0.0116. The fourth-order valence-corrected chi connectivity index (χ4v) is 2.28. The van der Waals surface area contributed by atoms with Crippen molar-refractivity contribution in [1.29, 1.82) is 0 Å². The molecule has 96 valence electrons. The number of ether oxygens (including phenoxy) is 1. The van der Waals surface area contributed by atoms with Gasteiger partial charge in [0.05, 0.1) is 6.10 Å². The molecule has 0 spiro atoms. The van der Waals surface area contributed by atoms with E-state index in [4.69, 9.17) is 4.74 Å². The number of rotatable bonds is 9. The van der Waals surface area contributed by atoms with Crippen LogP contribution in [0.25, 0.3) is 0 Å². The van der Waals surface area contributed by atoms with Crippen molar-refractivity contribution in [2.45, 2.75) is 70.8 Å². The summed E-state index contributed by atoms with van der Waals surface area (Å²) in [4.78, 5) is 0. The first-order valence-corrected chi connectivity index (χ1v) is 7.26. The monoisotopic (exact) mass is 227 g/mol. The average Bonchev–Trinajstić information content (AvgIpc) is 2.34. The Morgan fingerprint density at radius 1 is 1.06 bits per heavy atom. The van der Waals surface area contributed by atoms with Gasteiger partial charge in [-0.05, 0) is 45.2 Å². The number of unbranched alkanes of at least 4 members (excludes halogenated alkanes) is 4. The predicted octanol–water partition coefficient (Wildman–Crippen LogP) is 3.51. The lowest BCUT2D eigenvalue weighted by Gasteiger charge is -2.22. The first-order chi connectivity index (χ1) is 7.93. The van der Waals surface area contributed by atoms with E-state index >= 15 is 0 Å². The quantitative estimate of drug-likeness (QED) is 0.609. The zero-order valence-corrected chi connectivity index (χ0v) is 11.0. The highest BCUT2D eigenvalue weighted by Gasteiger charge is 2.12. The van der Waals surface area contributed by atoms with Crippen LogP contribution in [0.3, 0.4) is 0 Å². The molecule has 0 aromatic heterocycles. The molecule has 1 heterocycles. The van der Waals surface area contributed by atoms with Gasteiger partial charge in [-0.3, -0.25) is 0 Å². The number of hydrogen-bond acceptors (Lipinski definition) is 2. The molecule has 0 bridgehead atoms. The smallest absolute Gasteiger partial charge is 0.0587 e. The molecule has 1 aliphatic heterocycles. The van der Waals surface area contributed by atoms with Gasteiger partial charge in [-0.25, -0.2) is 0 Å². The summed E-state index contributed by atoms with van der Waals surface area (Å²) in [7, 11) is 0. The van der Waals surface area contributed by atoms with Crippen LogP contribution in [0.15, 0.2) is 0 Å². The maximum atomic E-state index is 5.70. The summed E-state index contributed by atoms with van der Waals surface area (Å²) >= 11 is 0. The van der Waals surface area contributed by atoms with E-state index < -0.39 is 0 Å². The van der Waals surface area contributed by atoms with Crippen LogP contribution in [-0.4, -0.2) is 25.8 Å². The van der Waals surface area contributed by atoms with E-state index in [2.05, 4.69) is 12.2 Å². The molecule has 1 N–H and O–H groups in total. The average molecular weight is 227 g/mol. The zero-order chi connectivity index (χ0) is 11.5. The van der Waals surface area contributed by atoms with Gasteiger partial charge in [-0.15, -0.1) is 0 Å². The molecule has 0 radical (unpaired) electrons. The summed E-state index contributed by atoms with van der Waals surface area (Å²) in [6.45, 7) is 5.58. The molecule has 0 aromatic rings. The van der Waals surface area contributed by atoms with Gasteiger partial charge in [0.1, 0.15) is 0 Å². The third-order valence-corrected chi connectivity index (χ3v) is 3.37. The topological polar surface area (TPSA) is 21.3 Å². The molecule has 2 nitrogen and oxygen atoms in total. The van der Waals surface area contributed by atoms with Crippen LogP contribution < -0.4 is 5.32 Å². The van der Waals surface area contributed by atoms with Gasteiger partial charge in [0, 0.05) is 6.61 Å². The van der Waals surface area contributed by atoms with Gasteiger partial charge >= 0.3 is 0 Å². The molecular weight excluding hydrogens is 198 g/mol. The molecule has 16 heavy (non-hydrogen) atoms. The molecule has 0 aromatic carbocycles. The minimum absolute atomic E-state index is 0.543. The van der Waals surface area contributed by atoms with E-state index in [-0.39, 0.29) is 0 Å². The highest BCUT2D eigenvalue weighted by molar-refractivity contribution is 4.64. The van der Waals surface area contributed by atoms with Crippen LogP contribution in [0.5, 0.6) is 0 Å². The van der Waals surface area contributed by atoms with Crippen molar-refractivity contribution in [3.63, 3.8) is 0 Å². The summed E-state index contributed by atoms with van der Waals surface area (Å²) in [5, 5.41) is 3.53. The van der Waals surface area contributed by atoms with Crippen molar-refractivity contribution in [2.24, 2.45) is 0 Å². The molecule has 0 amide bonds. The third-order valence-electron chi connectivity index (χ3n) is 3.37. The highest BCUT2D eigenvalue weighted by Crippen LogP contribution is 2.14. The van der Waals surface area contributed by atoms with Gasteiger partial charge in [0.25, 0.3) is 0 Å². The Kier molecular flexibility index (Phi) is 8.83. The second kappa shape index (κ2) is 10.1. The third kappa shape index (κ3) is 7.24. The Hall–Kier alpha value is -0.0800. The maximum Gasteiger partial charge on any atom is 0.0587 e. The summed E-state index contributed by atoms with van der Waals surface area (Å²) in [6.07, 6.45) is 12.5. The van der Waals surface area contributed by atoms with Crippen LogP contribution in [0.2, 0.25) is 0 Å². The Labute approximate surface area is 101 Å². The Morgan fingerprint density at radius 2 is 1.94 bits per heavy atom. The second-order valence-electron chi connectivity index (χ2n) is 4.94. The Bertz CT molecular complexity index is 144. The van der Waals surface area contributed by atoms with Crippen molar-refractivity contribution in [2.75, 3.05) is 19.7 Å². The Balaban J connectivity index is 1.77. The largest absolute Gasteiger partial charge is 0.378 e. The second-order valence-corrected chi connectivity index (χ2v) is 4.94. The molecule has 1 saturated heterocycles. The van der Waals surface area contributed by atoms with Gasteiger partial charge in [0.2, 0.25) is 0 Å². The van der Waals surface area contributed by atoms with Gasteiger partial charge < -0.3 is 10.1 Å². The lowest BCUT2D eigenvalue weighted by atomic mass is 10.1. The van der Waals surface area contributed by atoms with Crippen molar-refractivity contribution in [1.82, 2.24) is 5.32 Å².